The molecule has 6 nitrogen and oxygen atoms in total. The zero-order valence-electron chi connectivity index (χ0n) is 18.5. The first-order chi connectivity index (χ1) is 14.8. The van der Waals surface area contributed by atoms with Gasteiger partial charge in [-0.1, -0.05) is 31.7 Å². The van der Waals surface area contributed by atoms with E-state index < -0.39 is 17.3 Å². The number of phenolic OH excluding ortho intramolecular Hbond substituents is 1. The van der Waals surface area contributed by atoms with E-state index in [1.54, 1.807) is 6.07 Å². The Labute approximate surface area is 187 Å². The number of carboxylic acid groups (broad SMARTS) is 1. The van der Waals surface area contributed by atoms with Gasteiger partial charge in [-0.05, 0) is 73.5 Å². The molecule has 0 saturated heterocycles. The number of phenols is 1. The molecule has 2 aliphatic rings. The first-order valence-corrected chi connectivity index (χ1v) is 11.8. The molecule has 1 aliphatic heterocycles. The van der Waals surface area contributed by atoms with Crippen LogP contribution in [0.1, 0.15) is 68.9 Å². The van der Waals surface area contributed by atoms with Crippen molar-refractivity contribution in [3.63, 3.8) is 0 Å². The van der Waals surface area contributed by atoms with E-state index in [0.29, 0.717) is 31.6 Å². The fraction of sp³-hybridized carbons (Fsp3) is 0.708. The van der Waals surface area contributed by atoms with Crippen LogP contribution in [0.5, 0.6) is 5.75 Å². The molecule has 7 heteroatoms. The Balaban J connectivity index is 1.74. The van der Waals surface area contributed by atoms with Crippen molar-refractivity contribution in [3.8, 4) is 5.75 Å². The summed E-state index contributed by atoms with van der Waals surface area (Å²) < 4.78 is 0. The van der Waals surface area contributed by atoms with Crippen LogP contribution in [0.2, 0.25) is 5.82 Å². The van der Waals surface area contributed by atoms with Gasteiger partial charge in [-0.2, -0.15) is 0 Å². The lowest BCUT2D eigenvalue weighted by Crippen LogP contribution is -2.53. The van der Waals surface area contributed by atoms with E-state index in [1.165, 1.54) is 37.7 Å². The van der Waals surface area contributed by atoms with E-state index in [2.05, 4.69) is 4.90 Å². The molecule has 1 saturated carbocycles. The Morgan fingerprint density at radius 3 is 2.68 bits per heavy atom. The average molecular weight is 428 g/mol. The highest BCUT2D eigenvalue weighted by Crippen LogP contribution is 2.35. The highest BCUT2D eigenvalue weighted by Gasteiger charge is 2.40. The second-order valence-corrected chi connectivity index (χ2v) is 9.60. The number of hydrogen-bond acceptors (Lipinski definition) is 5. The molecule has 1 aliphatic carbocycles. The summed E-state index contributed by atoms with van der Waals surface area (Å²) in [6.07, 6.45) is 8.99. The van der Waals surface area contributed by atoms with Crippen molar-refractivity contribution in [1.82, 2.24) is 4.90 Å². The number of benzene rings is 1. The number of aliphatic hydroxyl groups is 1. The number of carbonyl (C=O) groups is 1. The molecule has 3 rings (SSSR count). The van der Waals surface area contributed by atoms with Crippen LogP contribution < -0.4 is 5.73 Å². The minimum Gasteiger partial charge on any atom is -0.508 e. The number of nitrogens with two attached hydrogens (primary N) is 1. The van der Waals surface area contributed by atoms with Gasteiger partial charge >= 0.3 is 5.97 Å². The van der Waals surface area contributed by atoms with Crippen LogP contribution in [0.15, 0.2) is 18.2 Å². The lowest BCUT2D eigenvalue weighted by molar-refractivity contribution is -0.144. The smallest absolute Gasteiger partial charge is 0.323 e. The number of fused-ring (bicyclic) bond motifs is 1. The third-order valence-corrected chi connectivity index (χ3v) is 7.38. The zero-order chi connectivity index (χ0) is 22.4. The normalized spacial score (nSPS) is 23.1. The molecule has 1 fully saturated rings. The number of aliphatic hydroxyl groups excluding tert-OH is 1. The second kappa shape index (κ2) is 10.8. The van der Waals surface area contributed by atoms with Crippen LogP contribution in [0.25, 0.3) is 0 Å². The molecule has 1 aromatic carbocycles. The summed E-state index contributed by atoms with van der Waals surface area (Å²) in [7, 11) is 6.17. The fourth-order valence-electron chi connectivity index (χ4n) is 5.31. The summed E-state index contributed by atoms with van der Waals surface area (Å²) in [4.78, 5) is 14.5. The summed E-state index contributed by atoms with van der Waals surface area (Å²) in [6, 6.07) is 5.76. The van der Waals surface area contributed by atoms with E-state index in [1.807, 2.05) is 12.1 Å². The van der Waals surface area contributed by atoms with Crippen molar-refractivity contribution in [2.45, 2.75) is 88.2 Å². The van der Waals surface area contributed by atoms with Gasteiger partial charge in [0.15, 0.2) is 0 Å². The lowest BCUT2D eigenvalue weighted by Gasteiger charge is -2.41. The lowest BCUT2D eigenvalue weighted by atomic mass is 9.66. The zero-order valence-corrected chi connectivity index (χ0v) is 18.5. The van der Waals surface area contributed by atoms with Gasteiger partial charge in [0.05, 0.1) is 7.85 Å². The van der Waals surface area contributed by atoms with Crippen LogP contribution in [0, 0.1) is 5.92 Å². The second-order valence-electron chi connectivity index (χ2n) is 9.60. The van der Waals surface area contributed by atoms with E-state index in [9.17, 15) is 15.0 Å². The van der Waals surface area contributed by atoms with E-state index in [0.717, 1.165) is 25.1 Å². The number of nitrogens with zero attached hydrogens (tertiary/aromatic N) is 1. The largest absolute Gasteiger partial charge is 0.508 e. The molecular weight excluding hydrogens is 391 g/mol. The molecular formula is C24H37BN2O4. The predicted molar refractivity (Wildman–Crippen MR) is 122 cm³/mol. The molecule has 1 heterocycles. The Bertz CT molecular complexity index is 740. The van der Waals surface area contributed by atoms with Crippen molar-refractivity contribution in [2.75, 3.05) is 13.2 Å². The number of rotatable bonds is 10. The van der Waals surface area contributed by atoms with Gasteiger partial charge in [0.25, 0.3) is 0 Å². The van der Waals surface area contributed by atoms with Crippen molar-refractivity contribution in [1.29, 1.82) is 0 Å². The number of aromatic hydroxyl groups is 1. The minimum atomic E-state index is -1.50. The molecule has 3 unspecified atom stereocenters. The standard InChI is InChI=1S/C24H37BN2O4/c25-22(7-4-12-28)24(26,23(30)31)11-10-20-13-18-8-9-21(29)14-19(18)16-27(20)15-17-5-2-1-3-6-17/h8-9,14,17,20,22,28-29H,1-7,10-13,15-16,26H2,(H,30,31). The maximum absolute atomic E-state index is 12.0. The Morgan fingerprint density at radius 2 is 2.00 bits per heavy atom. The van der Waals surface area contributed by atoms with Crippen molar-refractivity contribution < 1.29 is 20.1 Å². The number of carboxylic acids is 1. The van der Waals surface area contributed by atoms with Crippen molar-refractivity contribution >= 4 is 13.8 Å². The Kier molecular flexibility index (Phi) is 8.42. The monoisotopic (exact) mass is 428 g/mol. The van der Waals surface area contributed by atoms with Gasteiger partial charge in [-0.15, -0.1) is 0 Å². The molecule has 0 bridgehead atoms. The molecule has 5 N–H and O–H groups in total. The average Bonchev–Trinajstić information content (AvgIpc) is 2.76. The highest BCUT2D eigenvalue weighted by atomic mass is 16.4. The summed E-state index contributed by atoms with van der Waals surface area (Å²) in [5.41, 5.74) is 7.20. The van der Waals surface area contributed by atoms with E-state index in [-0.39, 0.29) is 18.4 Å². The van der Waals surface area contributed by atoms with Crippen LogP contribution in [-0.4, -0.2) is 58.8 Å². The van der Waals surface area contributed by atoms with Crippen LogP contribution >= 0.6 is 0 Å². The van der Waals surface area contributed by atoms with E-state index in [4.69, 9.17) is 18.7 Å². The SMILES string of the molecule is [B]C(CCCO)C(N)(CCC1Cc2ccc(O)cc2CN1CC1CCCCC1)C(=O)O. The summed E-state index contributed by atoms with van der Waals surface area (Å²) in [5.74, 6) is -0.810. The summed E-state index contributed by atoms with van der Waals surface area (Å²) >= 11 is 0. The Hall–Kier alpha value is -1.57. The number of hydrogen-bond donors (Lipinski definition) is 4. The third-order valence-electron chi connectivity index (χ3n) is 7.38. The third kappa shape index (κ3) is 6.02. The fourth-order valence-corrected chi connectivity index (χ4v) is 5.31. The van der Waals surface area contributed by atoms with Crippen molar-refractivity contribution in [3.05, 3.63) is 29.3 Å². The van der Waals surface area contributed by atoms with Crippen molar-refractivity contribution in [2.24, 2.45) is 11.7 Å². The quantitative estimate of drug-likeness (QED) is 0.427. The maximum atomic E-state index is 12.0. The molecule has 2 radical (unpaired) electrons. The molecule has 31 heavy (non-hydrogen) atoms. The molecule has 0 spiro atoms. The van der Waals surface area contributed by atoms with Gasteiger partial charge in [0, 0.05) is 25.7 Å². The molecule has 1 aromatic rings. The molecule has 170 valence electrons. The van der Waals surface area contributed by atoms with Crippen LogP contribution in [0.3, 0.4) is 0 Å². The molecule has 0 aromatic heterocycles. The first-order valence-electron chi connectivity index (χ1n) is 11.8. The first kappa shape index (κ1) is 24.1. The van der Waals surface area contributed by atoms with Gasteiger partial charge in [0.1, 0.15) is 11.3 Å². The number of aliphatic carboxylic acids is 1. The summed E-state index contributed by atoms with van der Waals surface area (Å²) in [6.45, 7) is 1.75. The highest BCUT2D eigenvalue weighted by molar-refractivity contribution is 6.15. The molecule has 0 amide bonds. The van der Waals surface area contributed by atoms with E-state index >= 15 is 0 Å². The van der Waals surface area contributed by atoms with Gasteiger partial charge in [-0.3, -0.25) is 9.69 Å². The Morgan fingerprint density at radius 1 is 1.26 bits per heavy atom. The van der Waals surface area contributed by atoms with Gasteiger partial charge in [-0.25, -0.2) is 0 Å². The topological polar surface area (TPSA) is 107 Å². The minimum absolute atomic E-state index is 0.0230. The molecule has 3 atom stereocenters. The predicted octanol–water partition coefficient (Wildman–Crippen LogP) is 2.99. The van der Waals surface area contributed by atoms with Crippen LogP contribution in [0.4, 0.5) is 0 Å². The summed E-state index contributed by atoms with van der Waals surface area (Å²) in [5, 5.41) is 28.9. The maximum Gasteiger partial charge on any atom is 0.323 e. The van der Waals surface area contributed by atoms with Gasteiger partial charge in [0.2, 0.25) is 0 Å². The van der Waals surface area contributed by atoms with Crippen LogP contribution in [-0.2, 0) is 17.8 Å². The van der Waals surface area contributed by atoms with Gasteiger partial charge < -0.3 is 21.1 Å².